The number of ether oxygens (including phenoxy) is 1. The van der Waals surface area contributed by atoms with E-state index in [1.165, 1.54) is 13.0 Å². The molecule has 0 aliphatic rings. The van der Waals surface area contributed by atoms with Crippen molar-refractivity contribution in [2.75, 3.05) is 0 Å². The second-order valence-electron chi connectivity index (χ2n) is 4.45. The van der Waals surface area contributed by atoms with Gasteiger partial charge in [0.1, 0.15) is 6.61 Å². The minimum Gasteiger partial charge on any atom is -0.504 e. The van der Waals surface area contributed by atoms with Crippen molar-refractivity contribution in [1.82, 2.24) is 0 Å². The molecule has 2 rings (SSSR count). The summed E-state index contributed by atoms with van der Waals surface area (Å²) >= 11 is 0. The Balaban J connectivity index is 2.04. The van der Waals surface area contributed by atoms with Crippen LogP contribution < -0.4 is 4.74 Å². The zero-order valence-corrected chi connectivity index (χ0v) is 11.2. The Bertz CT molecular complexity index is 615. The van der Waals surface area contributed by atoms with Crippen LogP contribution in [0.1, 0.15) is 18.1 Å². The number of ketones is 1. The van der Waals surface area contributed by atoms with Gasteiger partial charge in [-0.15, -0.1) is 0 Å². The predicted octanol–water partition coefficient (Wildman–Crippen LogP) is 3.57. The number of phenols is 1. The van der Waals surface area contributed by atoms with Gasteiger partial charge in [-0.1, -0.05) is 42.5 Å². The van der Waals surface area contributed by atoms with Gasteiger partial charge in [0.15, 0.2) is 17.3 Å². The number of carbonyl (C=O) groups excluding carboxylic acids is 1. The SMILES string of the molecule is CC(=O)C=Cc1ccc(OCc2ccccc2)c(O)c1. The summed E-state index contributed by atoms with van der Waals surface area (Å²) in [5, 5.41) is 9.89. The molecule has 0 amide bonds. The van der Waals surface area contributed by atoms with Crippen LogP contribution in [0.15, 0.2) is 54.6 Å². The third-order valence-electron chi connectivity index (χ3n) is 2.73. The minimum atomic E-state index is -0.0334. The van der Waals surface area contributed by atoms with E-state index in [1.807, 2.05) is 30.3 Å². The Morgan fingerprint density at radius 2 is 1.95 bits per heavy atom. The van der Waals surface area contributed by atoms with Gasteiger partial charge in [0.25, 0.3) is 0 Å². The van der Waals surface area contributed by atoms with Crippen LogP contribution in [-0.4, -0.2) is 10.9 Å². The van der Waals surface area contributed by atoms with E-state index in [0.29, 0.717) is 12.4 Å². The van der Waals surface area contributed by atoms with Crippen LogP contribution >= 0.6 is 0 Å². The Hall–Kier alpha value is -2.55. The zero-order chi connectivity index (χ0) is 14.4. The monoisotopic (exact) mass is 268 g/mol. The van der Waals surface area contributed by atoms with Crippen LogP contribution in [0.5, 0.6) is 11.5 Å². The molecule has 0 bridgehead atoms. The highest BCUT2D eigenvalue weighted by Crippen LogP contribution is 2.28. The van der Waals surface area contributed by atoms with Gasteiger partial charge in [0.05, 0.1) is 0 Å². The second kappa shape index (κ2) is 6.57. The second-order valence-corrected chi connectivity index (χ2v) is 4.45. The van der Waals surface area contributed by atoms with Gasteiger partial charge in [-0.2, -0.15) is 0 Å². The van der Waals surface area contributed by atoms with Crippen molar-refractivity contribution < 1.29 is 14.6 Å². The highest BCUT2D eigenvalue weighted by atomic mass is 16.5. The van der Waals surface area contributed by atoms with Gasteiger partial charge in [0, 0.05) is 0 Å². The van der Waals surface area contributed by atoms with Crippen molar-refractivity contribution in [3.63, 3.8) is 0 Å². The van der Waals surface area contributed by atoms with Gasteiger partial charge in [-0.3, -0.25) is 4.79 Å². The molecule has 0 spiro atoms. The average Bonchev–Trinajstić information content (AvgIpc) is 2.45. The highest BCUT2D eigenvalue weighted by Gasteiger charge is 2.03. The first-order chi connectivity index (χ1) is 9.65. The molecule has 0 radical (unpaired) electrons. The number of phenolic OH excluding ortho intramolecular Hbond substituents is 1. The summed E-state index contributed by atoms with van der Waals surface area (Å²) in [6.45, 7) is 1.88. The standard InChI is InChI=1S/C17H16O3/c1-13(18)7-8-14-9-10-17(16(19)11-14)20-12-15-5-3-2-4-6-15/h2-11,19H,12H2,1H3. The molecule has 1 N–H and O–H groups in total. The number of aromatic hydroxyl groups is 1. The fourth-order valence-electron chi connectivity index (χ4n) is 1.71. The molecule has 0 aliphatic heterocycles. The van der Waals surface area contributed by atoms with Gasteiger partial charge in [-0.05, 0) is 36.3 Å². The Labute approximate surface area is 118 Å². The number of hydrogen-bond donors (Lipinski definition) is 1. The maximum atomic E-state index is 10.9. The first-order valence-corrected chi connectivity index (χ1v) is 6.33. The molecule has 0 atom stereocenters. The summed E-state index contributed by atoms with van der Waals surface area (Å²) in [4.78, 5) is 10.9. The van der Waals surface area contributed by atoms with Crippen molar-refractivity contribution in [3.8, 4) is 11.5 Å². The van der Waals surface area contributed by atoms with E-state index in [-0.39, 0.29) is 11.5 Å². The highest BCUT2D eigenvalue weighted by molar-refractivity contribution is 5.91. The van der Waals surface area contributed by atoms with E-state index >= 15 is 0 Å². The lowest BCUT2D eigenvalue weighted by Gasteiger charge is -2.08. The largest absolute Gasteiger partial charge is 0.504 e. The number of carbonyl (C=O) groups is 1. The van der Waals surface area contributed by atoms with Gasteiger partial charge in [-0.25, -0.2) is 0 Å². The lowest BCUT2D eigenvalue weighted by molar-refractivity contribution is -0.112. The summed E-state index contributed by atoms with van der Waals surface area (Å²) in [7, 11) is 0. The molecule has 3 heteroatoms. The number of benzene rings is 2. The fourth-order valence-corrected chi connectivity index (χ4v) is 1.71. The first kappa shape index (κ1) is 13.9. The molecule has 0 saturated heterocycles. The van der Waals surface area contributed by atoms with Crippen LogP contribution in [0.3, 0.4) is 0 Å². The molecule has 2 aromatic rings. The molecular formula is C17H16O3. The fraction of sp³-hybridized carbons (Fsp3) is 0.118. The lowest BCUT2D eigenvalue weighted by Crippen LogP contribution is -1.95. The molecular weight excluding hydrogens is 252 g/mol. The van der Waals surface area contributed by atoms with Crippen LogP contribution in [0.4, 0.5) is 0 Å². The molecule has 0 saturated carbocycles. The van der Waals surface area contributed by atoms with E-state index in [1.54, 1.807) is 24.3 Å². The summed E-state index contributed by atoms with van der Waals surface area (Å²) < 4.78 is 5.56. The third-order valence-corrected chi connectivity index (χ3v) is 2.73. The van der Waals surface area contributed by atoms with Crippen molar-refractivity contribution in [1.29, 1.82) is 0 Å². The van der Waals surface area contributed by atoms with Crippen LogP contribution in [0.2, 0.25) is 0 Å². The molecule has 0 unspecified atom stereocenters. The van der Waals surface area contributed by atoms with Gasteiger partial charge >= 0.3 is 0 Å². The van der Waals surface area contributed by atoms with E-state index in [9.17, 15) is 9.90 Å². The van der Waals surface area contributed by atoms with Crippen molar-refractivity contribution >= 4 is 11.9 Å². The Kier molecular flexibility index (Phi) is 4.56. The van der Waals surface area contributed by atoms with E-state index < -0.39 is 0 Å². The molecule has 20 heavy (non-hydrogen) atoms. The predicted molar refractivity (Wildman–Crippen MR) is 78.6 cm³/mol. The van der Waals surface area contributed by atoms with Crippen LogP contribution in [-0.2, 0) is 11.4 Å². The Morgan fingerprint density at radius 3 is 2.60 bits per heavy atom. The maximum absolute atomic E-state index is 10.9. The van der Waals surface area contributed by atoms with E-state index in [2.05, 4.69) is 0 Å². The summed E-state index contributed by atoms with van der Waals surface area (Å²) in [5.41, 5.74) is 1.79. The average molecular weight is 268 g/mol. The van der Waals surface area contributed by atoms with Crippen molar-refractivity contribution in [2.24, 2.45) is 0 Å². The topological polar surface area (TPSA) is 46.5 Å². The number of rotatable bonds is 5. The normalized spacial score (nSPS) is 10.7. The molecule has 3 nitrogen and oxygen atoms in total. The molecule has 0 aromatic heterocycles. The molecule has 0 fully saturated rings. The van der Waals surface area contributed by atoms with E-state index in [4.69, 9.17) is 4.74 Å². The summed E-state index contributed by atoms with van der Waals surface area (Å²) in [6.07, 6.45) is 3.11. The minimum absolute atomic E-state index is 0.0334. The van der Waals surface area contributed by atoms with E-state index in [0.717, 1.165) is 11.1 Å². The summed E-state index contributed by atoms with van der Waals surface area (Å²) in [6, 6.07) is 14.8. The molecule has 0 heterocycles. The molecule has 2 aromatic carbocycles. The van der Waals surface area contributed by atoms with Crippen LogP contribution in [0, 0.1) is 0 Å². The quantitative estimate of drug-likeness (QED) is 0.843. The van der Waals surface area contributed by atoms with Gasteiger partial charge < -0.3 is 9.84 Å². The van der Waals surface area contributed by atoms with Gasteiger partial charge in [0.2, 0.25) is 0 Å². The van der Waals surface area contributed by atoms with Crippen molar-refractivity contribution in [3.05, 3.63) is 65.7 Å². The Morgan fingerprint density at radius 1 is 1.20 bits per heavy atom. The third kappa shape index (κ3) is 3.99. The number of allylic oxidation sites excluding steroid dienone is 1. The number of hydrogen-bond acceptors (Lipinski definition) is 3. The van der Waals surface area contributed by atoms with Crippen LogP contribution in [0.25, 0.3) is 6.08 Å². The smallest absolute Gasteiger partial charge is 0.161 e. The summed E-state index contributed by atoms with van der Waals surface area (Å²) in [5.74, 6) is 0.453. The first-order valence-electron chi connectivity index (χ1n) is 6.33. The molecule has 0 aliphatic carbocycles. The van der Waals surface area contributed by atoms with Crippen molar-refractivity contribution in [2.45, 2.75) is 13.5 Å². The lowest BCUT2D eigenvalue weighted by atomic mass is 10.1. The zero-order valence-electron chi connectivity index (χ0n) is 11.2. The molecule has 102 valence electrons. The maximum Gasteiger partial charge on any atom is 0.161 e.